The molecule has 1 aliphatic heterocycles. The molecule has 1 aromatic rings. The third-order valence-electron chi connectivity index (χ3n) is 4.83. The molecule has 0 bridgehead atoms. The van der Waals surface area contributed by atoms with Gasteiger partial charge in [-0.05, 0) is 68.8 Å². The molecule has 0 spiro atoms. The number of hydrogen-bond acceptors (Lipinski definition) is 2. The largest absolute Gasteiger partial charge is 0.293 e. The molecule has 1 fully saturated rings. The van der Waals surface area contributed by atoms with Gasteiger partial charge in [0.25, 0.3) is 0 Å². The van der Waals surface area contributed by atoms with Crippen LogP contribution in [0.2, 0.25) is 0 Å². The van der Waals surface area contributed by atoms with Crippen molar-refractivity contribution in [2.24, 2.45) is 0 Å². The average molecular weight is 271 g/mol. The van der Waals surface area contributed by atoms with E-state index in [1.54, 1.807) is 0 Å². The van der Waals surface area contributed by atoms with Gasteiger partial charge in [0.2, 0.25) is 0 Å². The molecule has 2 nitrogen and oxygen atoms in total. The van der Waals surface area contributed by atoms with Crippen molar-refractivity contribution in [1.29, 1.82) is 0 Å². The Morgan fingerprint density at radius 3 is 2.65 bits per heavy atom. The number of ketones is 1. The minimum atomic E-state index is 0.113. The van der Waals surface area contributed by atoms with Crippen LogP contribution in [0.15, 0.2) is 18.2 Å². The molecule has 20 heavy (non-hydrogen) atoms. The fourth-order valence-electron chi connectivity index (χ4n) is 3.72. The van der Waals surface area contributed by atoms with Gasteiger partial charge < -0.3 is 0 Å². The lowest BCUT2D eigenvalue weighted by Gasteiger charge is -2.26. The fourth-order valence-corrected chi connectivity index (χ4v) is 3.72. The van der Waals surface area contributed by atoms with Gasteiger partial charge in [0.05, 0.1) is 6.04 Å². The summed E-state index contributed by atoms with van der Waals surface area (Å²) in [5.74, 6) is 0.350. The Morgan fingerprint density at radius 1 is 1.15 bits per heavy atom. The third-order valence-corrected chi connectivity index (χ3v) is 4.83. The number of aryl methyl sites for hydroxylation is 2. The normalized spacial score (nSPS) is 20.1. The highest BCUT2D eigenvalue weighted by molar-refractivity contribution is 6.00. The van der Waals surface area contributed by atoms with E-state index in [9.17, 15) is 4.79 Å². The van der Waals surface area contributed by atoms with Gasteiger partial charge in [-0.2, -0.15) is 0 Å². The van der Waals surface area contributed by atoms with Crippen LogP contribution < -0.4 is 0 Å². The number of Topliss-reactive ketones (excluding diaryl/α,β-unsaturated/α-hetero) is 1. The van der Waals surface area contributed by atoms with Crippen molar-refractivity contribution in [2.75, 3.05) is 13.1 Å². The smallest absolute Gasteiger partial charge is 0.179 e. The molecule has 1 atom stereocenters. The molecule has 0 radical (unpaired) electrons. The Morgan fingerprint density at radius 2 is 1.90 bits per heavy atom. The number of fused-ring (bicyclic) bond motifs is 1. The second kappa shape index (κ2) is 6.09. The number of carbonyl (C=O) groups excluding carboxylic acids is 1. The molecule has 2 aliphatic rings. The summed E-state index contributed by atoms with van der Waals surface area (Å²) in [6.07, 6.45) is 8.16. The van der Waals surface area contributed by atoms with Gasteiger partial charge in [0.15, 0.2) is 5.78 Å². The zero-order chi connectivity index (χ0) is 13.9. The Kier molecular flexibility index (Phi) is 4.21. The maximum atomic E-state index is 12.9. The van der Waals surface area contributed by atoms with Crippen molar-refractivity contribution >= 4 is 5.78 Å². The lowest BCUT2D eigenvalue weighted by Crippen LogP contribution is -2.39. The van der Waals surface area contributed by atoms with Crippen molar-refractivity contribution in [3.8, 4) is 0 Å². The van der Waals surface area contributed by atoms with Crippen molar-refractivity contribution in [1.82, 2.24) is 4.90 Å². The Bertz CT molecular complexity index is 488. The van der Waals surface area contributed by atoms with E-state index in [4.69, 9.17) is 0 Å². The number of benzene rings is 1. The zero-order valence-electron chi connectivity index (χ0n) is 12.5. The van der Waals surface area contributed by atoms with Gasteiger partial charge >= 0.3 is 0 Å². The van der Waals surface area contributed by atoms with Gasteiger partial charge in [-0.25, -0.2) is 0 Å². The minimum absolute atomic E-state index is 0.113. The second-order valence-electron chi connectivity index (χ2n) is 6.25. The van der Waals surface area contributed by atoms with E-state index in [1.807, 2.05) is 0 Å². The van der Waals surface area contributed by atoms with Crippen LogP contribution in [0.3, 0.4) is 0 Å². The van der Waals surface area contributed by atoms with E-state index in [0.717, 1.165) is 37.9 Å². The number of hydrogen-bond donors (Lipinski definition) is 0. The van der Waals surface area contributed by atoms with Crippen LogP contribution in [0.5, 0.6) is 0 Å². The molecule has 108 valence electrons. The Hall–Kier alpha value is -1.15. The van der Waals surface area contributed by atoms with Crippen molar-refractivity contribution in [2.45, 2.75) is 57.9 Å². The van der Waals surface area contributed by atoms with Gasteiger partial charge in [-0.1, -0.05) is 25.5 Å². The first-order valence-corrected chi connectivity index (χ1v) is 8.19. The monoisotopic (exact) mass is 271 g/mol. The molecule has 0 aromatic heterocycles. The highest BCUT2D eigenvalue weighted by Crippen LogP contribution is 2.25. The van der Waals surface area contributed by atoms with Crippen molar-refractivity contribution in [3.63, 3.8) is 0 Å². The summed E-state index contributed by atoms with van der Waals surface area (Å²) in [4.78, 5) is 15.3. The highest BCUT2D eigenvalue weighted by Gasteiger charge is 2.28. The highest BCUT2D eigenvalue weighted by atomic mass is 16.1. The average Bonchev–Trinajstić information content (AvgIpc) is 3.13. The number of rotatable bonds is 5. The summed E-state index contributed by atoms with van der Waals surface area (Å²) in [5.41, 5.74) is 3.80. The standard InChI is InChI=1S/C18H25NO/c1-2-6-17(19-11-3-4-12-19)18(20)16-10-9-14-7-5-8-15(14)13-16/h9-10,13,17H,2-8,11-12H2,1H3/t17-/m0/s1. The van der Waals surface area contributed by atoms with E-state index >= 15 is 0 Å². The minimum Gasteiger partial charge on any atom is -0.293 e. The summed E-state index contributed by atoms with van der Waals surface area (Å²) in [5, 5.41) is 0. The first kappa shape index (κ1) is 13.8. The van der Waals surface area contributed by atoms with Gasteiger partial charge in [-0.15, -0.1) is 0 Å². The Balaban J connectivity index is 1.81. The number of likely N-dealkylation sites (tertiary alicyclic amines) is 1. The van der Waals surface area contributed by atoms with Crippen LogP contribution in [0, 0.1) is 0 Å². The predicted molar refractivity (Wildman–Crippen MR) is 82.3 cm³/mol. The summed E-state index contributed by atoms with van der Waals surface area (Å²) in [6, 6.07) is 6.53. The molecular formula is C18H25NO. The fraction of sp³-hybridized carbons (Fsp3) is 0.611. The number of carbonyl (C=O) groups is 1. The molecule has 1 saturated heterocycles. The van der Waals surface area contributed by atoms with Crippen LogP contribution in [0.25, 0.3) is 0 Å². The molecule has 3 rings (SSSR count). The van der Waals surface area contributed by atoms with Gasteiger partial charge in [0, 0.05) is 5.56 Å². The summed E-state index contributed by atoms with van der Waals surface area (Å²) in [7, 11) is 0. The van der Waals surface area contributed by atoms with Crippen molar-refractivity contribution in [3.05, 3.63) is 34.9 Å². The maximum absolute atomic E-state index is 12.9. The van der Waals surface area contributed by atoms with Crippen LogP contribution in [0.4, 0.5) is 0 Å². The SMILES string of the molecule is CCC[C@@H](C(=O)c1ccc2c(c1)CCC2)N1CCCC1. The predicted octanol–water partition coefficient (Wildman–Crippen LogP) is 3.62. The molecule has 1 heterocycles. The first-order chi connectivity index (χ1) is 9.79. The molecule has 0 unspecified atom stereocenters. The summed E-state index contributed by atoms with van der Waals surface area (Å²) in [6.45, 7) is 4.38. The lowest BCUT2D eigenvalue weighted by atomic mass is 9.96. The second-order valence-corrected chi connectivity index (χ2v) is 6.25. The van der Waals surface area contributed by atoms with Crippen LogP contribution >= 0.6 is 0 Å². The van der Waals surface area contributed by atoms with E-state index < -0.39 is 0 Å². The third kappa shape index (κ3) is 2.67. The topological polar surface area (TPSA) is 20.3 Å². The van der Waals surface area contributed by atoms with E-state index in [1.165, 1.54) is 36.8 Å². The quantitative estimate of drug-likeness (QED) is 0.762. The van der Waals surface area contributed by atoms with E-state index in [0.29, 0.717) is 5.78 Å². The molecule has 1 aromatic carbocycles. The molecular weight excluding hydrogens is 246 g/mol. The lowest BCUT2D eigenvalue weighted by molar-refractivity contribution is 0.0837. The van der Waals surface area contributed by atoms with Crippen LogP contribution in [-0.2, 0) is 12.8 Å². The van der Waals surface area contributed by atoms with Crippen molar-refractivity contribution < 1.29 is 4.79 Å². The van der Waals surface area contributed by atoms with E-state index in [-0.39, 0.29) is 6.04 Å². The van der Waals surface area contributed by atoms with E-state index in [2.05, 4.69) is 30.0 Å². The zero-order valence-corrected chi connectivity index (χ0v) is 12.5. The molecule has 0 saturated carbocycles. The van der Waals surface area contributed by atoms with Crippen LogP contribution in [-0.4, -0.2) is 29.8 Å². The van der Waals surface area contributed by atoms with Gasteiger partial charge in [-0.3, -0.25) is 9.69 Å². The molecule has 0 amide bonds. The Labute approximate surface area is 122 Å². The van der Waals surface area contributed by atoms with Gasteiger partial charge in [0.1, 0.15) is 0 Å². The molecule has 2 heteroatoms. The molecule has 0 N–H and O–H groups in total. The number of nitrogens with zero attached hydrogens (tertiary/aromatic N) is 1. The summed E-state index contributed by atoms with van der Waals surface area (Å²) >= 11 is 0. The first-order valence-electron chi connectivity index (χ1n) is 8.19. The summed E-state index contributed by atoms with van der Waals surface area (Å²) < 4.78 is 0. The molecule has 1 aliphatic carbocycles. The van der Waals surface area contributed by atoms with Crippen LogP contribution in [0.1, 0.15) is 60.5 Å². The maximum Gasteiger partial charge on any atom is 0.179 e.